The summed E-state index contributed by atoms with van der Waals surface area (Å²) in [4.78, 5) is 23.3. The van der Waals surface area contributed by atoms with Gasteiger partial charge in [-0.1, -0.05) is 76.9 Å². The zero-order chi connectivity index (χ0) is 20.9. The van der Waals surface area contributed by atoms with Gasteiger partial charge in [0, 0.05) is 0 Å². The van der Waals surface area contributed by atoms with Crippen molar-refractivity contribution in [2.45, 2.75) is 110 Å². The van der Waals surface area contributed by atoms with Crippen LogP contribution >= 0.6 is 0 Å². The maximum atomic E-state index is 11.7. The first-order valence-corrected chi connectivity index (χ1v) is 11.1. The lowest BCUT2D eigenvalue weighted by atomic mass is 10.1. The summed E-state index contributed by atoms with van der Waals surface area (Å²) in [6.45, 7) is 6.22. The maximum Gasteiger partial charge on any atom is 0.307 e. The van der Waals surface area contributed by atoms with Crippen molar-refractivity contribution in [3.05, 3.63) is 12.2 Å². The van der Waals surface area contributed by atoms with E-state index in [9.17, 15) is 9.59 Å². The summed E-state index contributed by atoms with van der Waals surface area (Å²) in [7, 11) is 0. The molecule has 0 saturated heterocycles. The Balaban J connectivity index is 3.54. The van der Waals surface area contributed by atoms with Gasteiger partial charge < -0.3 is 9.47 Å². The molecule has 4 heteroatoms. The van der Waals surface area contributed by atoms with E-state index in [1.54, 1.807) is 6.92 Å². The molecule has 0 N–H and O–H groups in total. The summed E-state index contributed by atoms with van der Waals surface area (Å²) >= 11 is 0. The Morgan fingerprint density at radius 2 is 1.46 bits per heavy atom. The minimum absolute atomic E-state index is 0.0367. The molecule has 0 amide bonds. The van der Waals surface area contributed by atoms with Crippen LogP contribution in [0.4, 0.5) is 0 Å². The summed E-state index contributed by atoms with van der Waals surface area (Å²) < 4.78 is 10.3. The van der Waals surface area contributed by atoms with Gasteiger partial charge in [0.25, 0.3) is 0 Å². The van der Waals surface area contributed by atoms with Crippen molar-refractivity contribution in [2.75, 3.05) is 6.61 Å². The highest BCUT2D eigenvalue weighted by atomic mass is 16.5. The van der Waals surface area contributed by atoms with Gasteiger partial charge in [-0.2, -0.15) is 0 Å². The number of carbonyl (C=O) groups excluding carboxylic acids is 2. The van der Waals surface area contributed by atoms with Crippen LogP contribution in [0.1, 0.15) is 104 Å². The molecule has 0 fully saturated rings. The van der Waals surface area contributed by atoms with Crippen LogP contribution in [-0.4, -0.2) is 24.6 Å². The topological polar surface area (TPSA) is 52.6 Å². The lowest BCUT2D eigenvalue weighted by Crippen LogP contribution is -2.17. The molecule has 0 aliphatic rings. The first-order valence-electron chi connectivity index (χ1n) is 11.1. The molecule has 0 radical (unpaired) electrons. The van der Waals surface area contributed by atoms with E-state index in [0.29, 0.717) is 13.0 Å². The molecule has 0 rings (SSSR count). The Bertz CT molecular complexity index is 485. The molecule has 1 unspecified atom stereocenters. The van der Waals surface area contributed by atoms with Gasteiger partial charge in [0.15, 0.2) is 6.10 Å². The average Bonchev–Trinajstić information content (AvgIpc) is 2.69. The highest BCUT2D eigenvalue weighted by molar-refractivity contribution is 5.77. The van der Waals surface area contributed by atoms with Crippen LogP contribution in [0.5, 0.6) is 0 Å². The molecule has 0 aromatic rings. The van der Waals surface area contributed by atoms with Crippen LogP contribution in [-0.2, 0) is 19.1 Å². The Hall–Kier alpha value is -1.76. The highest BCUT2D eigenvalue weighted by Crippen LogP contribution is 2.10. The SMILES string of the molecule is CC#CC(CC)OC(=O)CCC(=O)OCC/C=C/CCCCCCCCCC. The van der Waals surface area contributed by atoms with E-state index in [0.717, 1.165) is 12.8 Å². The van der Waals surface area contributed by atoms with E-state index in [4.69, 9.17) is 9.47 Å². The fourth-order valence-corrected chi connectivity index (χ4v) is 2.74. The highest BCUT2D eigenvalue weighted by Gasteiger charge is 2.12. The van der Waals surface area contributed by atoms with Crippen molar-refractivity contribution >= 4 is 11.9 Å². The number of hydrogen-bond donors (Lipinski definition) is 0. The van der Waals surface area contributed by atoms with E-state index >= 15 is 0 Å². The normalized spacial score (nSPS) is 11.7. The van der Waals surface area contributed by atoms with Crippen LogP contribution < -0.4 is 0 Å². The third-order valence-electron chi connectivity index (χ3n) is 4.42. The van der Waals surface area contributed by atoms with Gasteiger partial charge in [0.1, 0.15) is 0 Å². The Morgan fingerprint density at radius 3 is 2.11 bits per heavy atom. The fraction of sp³-hybridized carbons (Fsp3) is 0.750. The lowest BCUT2D eigenvalue weighted by molar-refractivity contribution is -0.152. The molecule has 28 heavy (non-hydrogen) atoms. The minimum atomic E-state index is -0.406. The molecular weight excluding hydrogens is 352 g/mol. The third kappa shape index (κ3) is 17.6. The minimum Gasteiger partial charge on any atom is -0.465 e. The first-order chi connectivity index (χ1) is 13.6. The summed E-state index contributed by atoms with van der Waals surface area (Å²) in [5.74, 6) is 4.78. The smallest absolute Gasteiger partial charge is 0.307 e. The number of unbranched alkanes of at least 4 members (excludes halogenated alkanes) is 8. The molecule has 0 spiro atoms. The monoisotopic (exact) mass is 392 g/mol. The predicted molar refractivity (Wildman–Crippen MR) is 115 cm³/mol. The molecule has 0 bridgehead atoms. The second kappa shape index (κ2) is 20.0. The first kappa shape index (κ1) is 26.2. The quantitative estimate of drug-likeness (QED) is 0.129. The molecule has 1 atom stereocenters. The number of allylic oxidation sites excluding steroid dienone is 1. The molecule has 0 aromatic carbocycles. The van der Waals surface area contributed by atoms with E-state index < -0.39 is 5.97 Å². The molecule has 160 valence electrons. The molecule has 0 saturated carbocycles. The van der Waals surface area contributed by atoms with E-state index in [1.807, 2.05) is 6.92 Å². The number of ether oxygens (including phenoxy) is 2. The lowest BCUT2D eigenvalue weighted by Gasteiger charge is -2.09. The van der Waals surface area contributed by atoms with Crippen LogP contribution in [0.3, 0.4) is 0 Å². The third-order valence-corrected chi connectivity index (χ3v) is 4.42. The zero-order valence-electron chi connectivity index (χ0n) is 18.3. The van der Waals surface area contributed by atoms with Crippen molar-refractivity contribution in [3.63, 3.8) is 0 Å². The second-order valence-corrected chi connectivity index (χ2v) is 7.03. The number of esters is 2. The van der Waals surface area contributed by atoms with Gasteiger partial charge in [0.2, 0.25) is 0 Å². The number of carbonyl (C=O) groups is 2. The number of rotatable bonds is 17. The Labute approximate surface area is 172 Å². The van der Waals surface area contributed by atoms with Crippen molar-refractivity contribution in [1.82, 2.24) is 0 Å². The van der Waals surface area contributed by atoms with Crippen LogP contribution in [0.25, 0.3) is 0 Å². The molecule has 4 nitrogen and oxygen atoms in total. The Kier molecular flexibility index (Phi) is 18.7. The Morgan fingerprint density at radius 1 is 0.857 bits per heavy atom. The average molecular weight is 393 g/mol. The maximum absolute atomic E-state index is 11.7. The van der Waals surface area contributed by atoms with Crippen molar-refractivity contribution in [2.24, 2.45) is 0 Å². The molecule has 0 aliphatic carbocycles. The van der Waals surface area contributed by atoms with Crippen molar-refractivity contribution in [3.8, 4) is 11.8 Å². The zero-order valence-corrected chi connectivity index (χ0v) is 18.3. The molecule has 0 aliphatic heterocycles. The van der Waals surface area contributed by atoms with E-state index in [-0.39, 0.29) is 24.9 Å². The van der Waals surface area contributed by atoms with E-state index in [2.05, 4.69) is 30.9 Å². The molecular formula is C24H40O4. The van der Waals surface area contributed by atoms with Gasteiger partial charge in [0.05, 0.1) is 19.4 Å². The summed E-state index contributed by atoms with van der Waals surface area (Å²) in [6, 6.07) is 0. The summed E-state index contributed by atoms with van der Waals surface area (Å²) in [6.07, 6.45) is 17.0. The van der Waals surface area contributed by atoms with E-state index in [1.165, 1.54) is 51.4 Å². The largest absolute Gasteiger partial charge is 0.465 e. The summed E-state index contributed by atoms with van der Waals surface area (Å²) in [5.41, 5.74) is 0. The van der Waals surface area contributed by atoms with Crippen LogP contribution in [0.15, 0.2) is 12.2 Å². The number of hydrogen-bond acceptors (Lipinski definition) is 4. The van der Waals surface area contributed by atoms with Gasteiger partial charge in [-0.05, 0) is 32.6 Å². The van der Waals surface area contributed by atoms with Gasteiger partial charge in [-0.3, -0.25) is 9.59 Å². The second-order valence-electron chi connectivity index (χ2n) is 7.03. The van der Waals surface area contributed by atoms with Crippen LogP contribution in [0, 0.1) is 11.8 Å². The van der Waals surface area contributed by atoms with Crippen LogP contribution in [0.2, 0.25) is 0 Å². The summed E-state index contributed by atoms with van der Waals surface area (Å²) in [5, 5.41) is 0. The van der Waals surface area contributed by atoms with Crippen molar-refractivity contribution < 1.29 is 19.1 Å². The molecule has 0 aromatic heterocycles. The van der Waals surface area contributed by atoms with Gasteiger partial charge >= 0.3 is 11.9 Å². The van der Waals surface area contributed by atoms with Gasteiger partial charge in [-0.25, -0.2) is 0 Å². The molecule has 0 heterocycles. The standard InChI is InChI=1S/C24H40O4/c1-4-7-8-9-10-11-12-13-14-15-16-17-21-27-23(25)19-20-24(26)28-22(6-3)18-5-2/h15-16,22H,4,6-14,17,19-21H2,1-3H3/b16-15+. The fourth-order valence-electron chi connectivity index (χ4n) is 2.74. The van der Waals surface area contributed by atoms with Gasteiger partial charge in [-0.15, -0.1) is 5.92 Å². The predicted octanol–water partition coefficient (Wildman–Crippen LogP) is 6.13. The van der Waals surface area contributed by atoms with Crippen molar-refractivity contribution in [1.29, 1.82) is 0 Å².